The van der Waals surface area contributed by atoms with Crippen LogP contribution in [0.3, 0.4) is 0 Å². The summed E-state index contributed by atoms with van der Waals surface area (Å²) in [5, 5.41) is 0. The topological polar surface area (TPSA) is 49.3 Å². The third kappa shape index (κ3) is 3.55. The number of aryl methyl sites for hydroxylation is 3. The lowest BCUT2D eigenvalue weighted by atomic mass is 10.1. The summed E-state index contributed by atoms with van der Waals surface area (Å²) in [6, 6.07) is 8.37. The summed E-state index contributed by atoms with van der Waals surface area (Å²) in [5.74, 6) is 1.81. The van der Waals surface area contributed by atoms with Crippen LogP contribution < -0.4 is 4.90 Å². The molecule has 5 nitrogen and oxygen atoms in total. The van der Waals surface area contributed by atoms with Crippen molar-refractivity contribution in [2.24, 2.45) is 0 Å². The van der Waals surface area contributed by atoms with Crippen LogP contribution in [-0.2, 0) is 17.8 Å². The fourth-order valence-corrected chi connectivity index (χ4v) is 2.98. The van der Waals surface area contributed by atoms with Gasteiger partial charge in [0.2, 0.25) is 5.91 Å². The summed E-state index contributed by atoms with van der Waals surface area (Å²) >= 11 is 0. The summed E-state index contributed by atoms with van der Waals surface area (Å²) < 4.78 is 0. The van der Waals surface area contributed by atoms with Crippen LogP contribution in [0.1, 0.15) is 29.4 Å². The molecule has 0 aliphatic carbocycles. The maximum atomic E-state index is 12.6. The molecular formula is C19H24N4O. The Bertz CT molecular complexity index is 727. The van der Waals surface area contributed by atoms with Gasteiger partial charge in [0.15, 0.2) is 0 Å². The normalized spacial score (nSPS) is 15.0. The van der Waals surface area contributed by atoms with Gasteiger partial charge in [0, 0.05) is 31.4 Å². The van der Waals surface area contributed by atoms with Crippen LogP contribution in [-0.4, -0.2) is 40.4 Å². The predicted octanol–water partition coefficient (Wildman–Crippen LogP) is 2.50. The highest BCUT2D eigenvalue weighted by Crippen LogP contribution is 2.21. The Kier molecular flexibility index (Phi) is 4.79. The van der Waals surface area contributed by atoms with Crippen molar-refractivity contribution >= 4 is 11.7 Å². The highest BCUT2D eigenvalue weighted by molar-refractivity contribution is 5.82. The van der Waals surface area contributed by atoms with E-state index in [0.29, 0.717) is 13.1 Å². The van der Waals surface area contributed by atoms with E-state index < -0.39 is 0 Å². The average molecular weight is 324 g/mol. The molecule has 2 aromatic rings. The number of aromatic nitrogens is 2. The molecule has 0 atom stereocenters. The predicted molar refractivity (Wildman–Crippen MR) is 95.0 cm³/mol. The van der Waals surface area contributed by atoms with E-state index in [1.54, 1.807) is 0 Å². The third-order valence-electron chi connectivity index (χ3n) is 4.46. The van der Waals surface area contributed by atoms with Crippen molar-refractivity contribution in [3.8, 4) is 0 Å². The fraction of sp³-hybridized carbons (Fsp3) is 0.421. The molecule has 0 saturated carbocycles. The van der Waals surface area contributed by atoms with Gasteiger partial charge >= 0.3 is 0 Å². The largest absolute Gasteiger partial charge is 0.345 e. The van der Waals surface area contributed by atoms with Crippen LogP contribution in [0, 0.1) is 13.8 Å². The summed E-state index contributed by atoms with van der Waals surface area (Å²) in [5.41, 5.74) is 3.51. The zero-order chi connectivity index (χ0) is 17.1. The molecule has 2 heterocycles. The van der Waals surface area contributed by atoms with Crippen molar-refractivity contribution in [3.05, 3.63) is 53.0 Å². The molecular weight excluding hydrogens is 300 g/mol. The Morgan fingerprint density at radius 2 is 1.88 bits per heavy atom. The minimum atomic E-state index is 0.153. The molecule has 0 unspecified atom stereocenters. The number of carbonyl (C=O) groups excluding carboxylic acids is 1. The molecule has 1 aromatic heterocycles. The standard InChI is InChI=1S/C19H24N4O/c1-4-17-11-20-15(3)21-19(17)23-10-9-22(18(24)13-23)12-16-7-5-14(2)6-8-16/h5-8,11H,4,9-10,12-13H2,1-3H3. The highest BCUT2D eigenvalue weighted by Gasteiger charge is 2.26. The quantitative estimate of drug-likeness (QED) is 0.867. The molecule has 1 amide bonds. The first-order valence-corrected chi connectivity index (χ1v) is 8.47. The van der Waals surface area contributed by atoms with E-state index in [1.165, 1.54) is 11.1 Å². The number of piperazine rings is 1. The fourth-order valence-electron chi connectivity index (χ4n) is 2.98. The van der Waals surface area contributed by atoms with Crippen molar-refractivity contribution in [3.63, 3.8) is 0 Å². The second kappa shape index (κ2) is 6.99. The average Bonchev–Trinajstić information content (AvgIpc) is 2.58. The Balaban J connectivity index is 1.70. The van der Waals surface area contributed by atoms with Crippen LogP contribution in [0.4, 0.5) is 5.82 Å². The Hall–Kier alpha value is -2.43. The van der Waals surface area contributed by atoms with Crippen molar-refractivity contribution < 1.29 is 4.79 Å². The van der Waals surface area contributed by atoms with Gasteiger partial charge < -0.3 is 9.80 Å². The van der Waals surface area contributed by atoms with Gasteiger partial charge in [0.25, 0.3) is 0 Å². The summed E-state index contributed by atoms with van der Waals surface area (Å²) in [6.07, 6.45) is 2.74. The first-order chi connectivity index (χ1) is 11.6. The Labute approximate surface area is 143 Å². The SMILES string of the molecule is CCc1cnc(C)nc1N1CCN(Cc2ccc(C)cc2)C(=O)C1. The van der Waals surface area contributed by atoms with Crippen molar-refractivity contribution in [1.82, 2.24) is 14.9 Å². The van der Waals surface area contributed by atoms with Crippen LogP contribution in [0.5, 0.6) is 0 Å². The molecule has 1 aliphatic rings. The summed E-state index contributed by atoms with van der Waals surface area (Å²) in [7, 11) is 0. The van der Waals surface area contributed by atoms with Crippen LogP contribution >= 0.6 is 0 Å². The van der Waals surface area contributed by atoms with Gasteiger partial charge in [-0.1, -0.05) is 36.8 Å². The van der Waals surface area contributed by atoms with Crippen molar-refractivity contribution in [2.75, 3.05) is 24.5 Å². The van der Waals surface area contributed by atoms with E-state index >= 15 is 0 Å². The van der Waals surface area contributed by atoms with Gasteiger partial charge in [-0.3, -0.25) is 4.79 Å². The lowest BCUT2D eigenvalue weighted by Gasteiger charge is -2.35. The summed E-state index contributed by atoms with van der Waals surface area (Å²) in [6.45, 7) is 8.64. The van der Waals surface area contributed by atoms with E-state index in [-0.39, 0.29) is 5.91 Å². The Morgan fingerprint density at radius 1 is 1.12 bits per heavy atom. The first-order valence-electron chi connectivity index (χ1n) is 8.47. The monoisotopic (exact) mass is 324 g/mol. The molecule has 126 valence electrons. The zero-order valence-corrected chi connectivity index (χ0v) is 14.6. The second-order valence-electron chi connectivity index (χ2n) is 6.34. The number of hydrogen-bond donors (Lipinski definition) is 0. The smallest absolute Gasteiger partial charge is 0.242 e. The van der Waals surface area contributed by atoms with Crippen LogP contribution in [0.2, 0.25) is 0 Å². The molecule has 1 fully saturated rings. The van der Waals surface area contributed by atoms with E-state index in [4.69, 9.17) is 0 Å². The Morgan fingerprint density at radius 3 is 2.54 bits per heavy atom. The minimum absolute atomic E-state index is 0.153. The molecule has 1 saturated heterocycles. The summed E-state index contributed by atoms with van der Waals surface area (Å²) in [4.78, 5) is 25.4. The number of rotatable bonds is 4. The maximum absolute atomic E-state index is 12.6. The minimum Gasteiger partial charge on any atom is -0.345 e. The third-order valence-corrected chi connectivity index (χ3v) is 4.46. The van der Waals surface area contributed by atoms with Crippen molar-refractivity contribution in [2.45, 2.75) is 33.7 Å². The number of amides is 1. The lowest BCUT2D eigenvalue weighted by molar-refractivity contribution is -0.131. The molecule has 3 rings (SSSR count). The molecule has 0 spiro atoms. The van der Waals surface area contributed by atoms with E-state index in [9.17, 15) is 4.79 Å². The molecule has 1 aliphatic heterocycles. The number of nitrogens with zero attached hydrogens (tertiary/aromatic N) is 4. The van der Waals surface area contributed by atoms with E-state index in [1.807, 2.05) is 18.0 Å². The first kappa shape index (κ1) is 16.4. The molecule has 24 heavy (non-hydrogen) atoms. The van der Waals surface area contributed by atoms with Gasteiger partial charge in [-0.25, -0.2) is 9.97 Å². The van der Waals surface area contributed by atoms with Gasteiger partial charge in [-0.15, -0.1) is 0 Å². The zero-order valence-electron chi connectivity index (χ0n) is 14.6. The van der Waals surface area contributed by atoms with E-state index in [0.717, 1.165) is 36.7 Å². The molecule has 1 aromatic carbocycles. The van der Waals surface area contributed by atoms with Gasteiger partial charge in [-0.2, -0.15) is 0 Å². The molecule has 0 bridgehead atoms. The molecule has 0 N–H and O–H groups in total. The van der Waals surface area contributed by atoms with Crippen molar-refractivity contribution in [1.29, 1.82) is 0 Å². The van der Waals surface area contributed by atoms with Gasteiger partial charge in [0.05, 0.1) is 6.54 Å². The highest BCUT2D eigenvalue weighted by atomic mass is 16.2. The molecule has 5 heteroatoms. The molecule has 0 radical (unpaired) electrons. The van der Waals surface area contributed by atoms with Gasteiger partial charge in [0.1, 0.15) is 11.6 Å². The van der Waals surface area contributed by atoms with Gasteiger partial charge in [-0.05, 0) is 25.8 Å². The lowest BCUT2D eigenvalue weighted by Crippen LogP contribution is -2.50. The number of anilines is 1. The van der Waals surface area contributed by atoms with E-state index in [2.05, 4.69) is 53.0 Å². The number of hydrogen-bond acceptors (Lipinski definition) is 4. The number of benzene rings is 1. The maximum Gasteiger partial charge on any atom is 0.242 e. The second-order valence-corrected chi connectivity index (χ2v) is 6.34. The number of carbonyl (C=O) groups is 1. The van der Waals surface area contributed by atoms with Crippen LogP contribution in [0.25, 0.3) is 0 Å². The van der Waals surface area contributed by atoms with Crippen LogP contribution in [0.15, 0.2) is 30.5 Å².